The first-order chi connectivity index (χ1) is 27.1. The van der Waals surface area contributed by atoms with Gasteiger partial charge in [-0.05, 0) is 110 Å². The van der Waals surface area contributed by atoms with Gasteiger partial charge in [-0.25, -0.2) is 18.2 Å². The van der Waals surface area contributed by atoms with Crippen molar-refractivity contribution in [2.45, 2.75) is 30.8 Å². The lowest BCUT2D eigenvalue weighted by Gasteiger charge is -2.40. The summed E-state index contributed by atoms with van der Waals surface area (Å²) in [6.45, 7) is 1.60. The van der Waals surface area contributed by atoms with Crippen molar-refractivity contribution in [3.05, 3.63) is 131 Å². The molecule has 0 aliphatic carbocycles. The number of sulfonamides is 1. The van der Waals surface area contributed by atoms with Crippen molar-refractivity contribution in [1.29, 1.82) is 0 Å². The SMILES string of the molecule is CCC(CC(=O)Oc1ccc(/N=N/c2ccc(S(=O)(=O)Nc3ccccn3)cc2)cc1C(=O)Oc1ccc(P2(=S)SP(=S)(c3ccc(O)cc3)S2)cc1)O[N+](=O)[O-]. The van der Waals surface area contributed by atoms with E-state index in [0.717, 1.165) is 10.6 Å². The Labute approximate surface area is 343 Å². The number of benzene rings is 4. The highest BCUT2D eigenvalue weighted by atomic mass is 33.7. The first-order valence-corrected chi connectivity index (χ1v) is 27.7. The molecule has 1 atom stereocenters. The number of phenols is 1. The molecule has 1 aliphatic heterocycles. The summed E-state index contributed by atoms with van der Waals surface area (Å²) in [5.74, 6) is -1.53. The van der Waals surface area contributed by atoms with E-state index in [2.05, 4.69) is 24.8 Å². The molecule has 1 fully saturated rings. The number of pyridine rings is 1. The van der Waals surface area contributed by atoms with E-state index >= 15 is 0 Å². The van der Waals surface area contributed by atoms with Crippen LogP contribution in [0.3, 0.4) is 0 Å². The molecule has 15 nitrogen and oxygen atoms in total. The second-order valence-electron chi connectivity index (χ2n) is 11.8. The van der Waals surface area contributed by atoms with Crippen LogP contribution in [0.1, 0.15) is 30.1 Å². The largest absolute Gasteiger partial charge is 0.508 e. The zero-order valence-electron chi connectivity index (χ0n) is 29.3. The van der Waals surface area contributed by atoms with Crippen LogP contribution >= 0.6 is 30.9 Å². The van der Waals surface area contributed by atoms with E-state index in [4.69, 9.17) is 33.1 Å². The summed E-state index contributed by atoms with van der Waals surface area (Å²) in [5.41, 5.74) is 0.225. The summed E-state index contributed by atoms with van der Waals surface area (Å²) in [7, 11) is -3.93. The number of anilines is 1. The Morgan fingerprint density at radius 1 is 0.895 bits per heavy atom. The molecule has 0 radical (unpaired) electrons. The molecule has 0 amide bonds. The van der Waals surface area contributed by atoms with Crippen molar-refractivity contribution in [3.8, 4) is 17.2 Å². The van der Waals surface area contributed by atoms with Gasteiger partial charge in [0, 0.05) is 16.8 Å². The predicted octanol–water partition coefficient (Wildman–Crippen LogP) is 8.55. The van der Waals surface area contributed by atoms with Gasteiger partial charge in [0.2, 0.25) is 0 Å². The number of aromatic hydroxyl groups is 1. The Morgan fingerprint density at radius 2 is 1.51 bits per heavy atom. The van der Waals surface area contributed by atoms with Gasteiger partial charge >= 0.3 is 11.9 Å². The third-order valence-electron chi connectivity index (χ3n) is 7.78. The number of azo groups is 1. The number of rotatable bonds is 15. The van der Waals surface area contributed by atoms with E-state index in [1.807, 2.05) is 12.1 Å². The van der Waals surface area contributed by atoms with Gasteiger partial charge in [-0.1, -0.05) is 58.6 Å². The molecule has 2 N–H and O–H groups in total. The Balaban J connectivity index is 1.19. The molecule has 0 saturated carbocycles. The van der Waals surface area contributed by atoms with Gasteiger partial charge in [-0.3, -0.25) is 9.52 Å². The number of nitrogens with zero attached hydrogens (tertiary/aromatic N) is 4. The number of carbonyl (C=O) groups is 2. The lowest BCUT2D eigenvalue weighted by molar-refractivity contribution is -0.768. The van der Waals surface area contributed by atoms with Crippen LogP contribution in [-0.4, -0.2) is 41.6 Å². The van der Waals surface area contributed by atoms with Crippen molar-refractivity contribution in [1.82, 2.24) is 4.98 Å². The van der Waals surface area contributed by atoms with Crippen molar-refractivity contribution >= 4 is 104 Å². The number of nitrogens with one attached hydrogen (secondary N) is 1. The van der Waals surface area contributed by atoms with Crippen molar-refractivity contribution < 1.29 is 42.5 Å². The fourth-order valence-corrected chi connectivity index (χ4v) is 48.2. The summed E-state index contributed by atoms with van der Waals surface area (Å²) < 4.78 is 34.9. The van der Waals surface area contributed by atoms with Crippen LogP contribution in [0.25, 0.3) is 0 Å². The standard InChI is InChI=1S/C35H29N5O10P2S5/c1-2-26(50-40(44)45)22-34(42)49-32-19-8-24(38-37-23-6-17-30(18-7-23)57(46,47)39-33-5-3-4-20-36-33)21-31(32)35(43)48-27-11-15-29(16-12-27)52(54)55-51(53,56-52)28-13-9-25(41)10-14-28/h3-21,26,41H,2,22H2,1H3,(H,36,39)/b38-37+. The highest BCUT2D eigenvalue weighted by molar-refractivity contribution is 9.48. The van der Waals surface area contributed by atoms with E-state index in [0.29, 0.717) is 0 Å². The number of phenolic OH excluding ortho intramolecular Hbond substituents is 1. The van der Waals surface area contributed by atoms with Gasteiger partial charge in [0.05, 0.1) is 31.6 Å². The third-order valence-corrected chi connectivity index (χ3v) is 40.4. The van der Waals surface area contributed by atoms with E-state index in [-0.39, 0.29) is 51.3 Å². The molecule has 5 aromatic rings. The lowest BCUT2D eigenvalue weighted by atomic mass is 10.1. The third kappa shape index (κ3) is 10.6. The van der Waals surface area contributed by atoms with Crippen LogP contribution in [0, 0.1) is 10.1 Å². The van der Waals surface area contributed by atoms with Gasteiger partial charge in [0.25, 0.3) is 15.1 Å². The fourth-order valence-electron chi connectivity index (χ4n) is 4.96. The Morgan fingerprint density at radius 3 is 2.11 bits per heavy atom. The van der Waals surface area contributed by atoms with Gasteiger partial charge < -0.3 is 19.4 Å². The molecule has 57 heavy (non-hydrogen) atoms. The number of hydrogen-bond donors (Lipinski definition) is 2. The van der Waals surface area contributed by atoms with Gasteiger partial charge in [0.15, 0.2) is 0 Å². The predicted molar refractivity (Wildman–Crippen MR) is 227 cm³/mol. The average molecular weight is 902 g/mol. The Hall–Kier alpha value is -4.68. The maximum Gasteiger partial charge on any atom is 0.347 e. The molecule has 1 aromatic heterocycles. The zero-order chi connectivity index (χ0) is 40.8. The van der Waals surface area contributed by atoms with Gasteiger partial charge in [0.1, 0.15) is 34.7 Å². The molecular weight excluding hydrogens is 873 g/mol. The second-order valence-corrected chi connectivity index (χ2v) is 34.8. The highest BCUT2D eigenvalue weighted by Crippen LogP contribution is 3.04. The average Bonchev–Trinajstić information content (AvgIpc) is 3.17. The molecule has 22 heteroatoms. The van der Waals surface area contributed by atoms with Crippen molar-refractivity contribution in [3.63, 3.8) is 0 Å². The topological polar surface area (TPSA) is 209 Å². The molecule has 1 saturated heterocycles. The summed E-state index contributed by atoms with van der Waals surface area (Å²) in [4.78, 5) is 45.8. The molecule has 1 unspecified atom stereocenters. The number of ether oxygens (including phenoxy) is 2. The minimum atomic E-state index is -3.93. The monoisotopic (exact) mass is 901 g/mol. The smallest absolute Gasteiger partial charge is 0.347 e. The fraction of sp³-hybridized carbons (Fsp3) is 0.114. The van der Waals surface area contributed by atoms with E-state index in [1.165, 1.54) is 54.7 Å². The molecule has 0 bridgehead atoms. The summed E-state index contributed by atoms with van der Waals surface area (Å²) >= 11 is 15.2. The molecular formula is C35H29N5O10P2S5. The lowest BCUT2D eigenvalue weighted by Crippen LogP contribution is -2.23. The minimum Gasteiger partial charge on any atom is -0.508 e. The first-order valence-electron chi connectivity index (χ1n) is 16.5. The summed E-state index contributed by atoms with van der Waals surface area (Å²) in [6, 6.07) is 27.9. The quantitative estimate of drug-likeness (QED) is 0.0252. The van der Waals surface area contributed by atoms with Crippen LogP contribution < -0.4 is 24.8 Å². The van der Waals surface area contributed by atoms with E-state index in [9.17, 15) is 33.2 Å². The first kappa shape index (κ1) is 41.9. The highest BCUT2D eigenvalue weighted by Gasteiger charge is 2.46. The summed E-state index contributed by atoms with van der Waals surface area (Å²) in [5, 5.41) is 29.7. The second kappa shape index (κ2) is 17.9. The summed E-state index contributed by atoms with van der Waals surface area (Å²) in [6.07, 6.45) is 0.0563. The molecule has 6 rings (SSSR count). The van der Waals surface area contributed by atoms with E-state index in [1.54, 1.807) is 77.5 Å². The Bertz CT molecular complexity index is 2540. The molecule has 2 heterocycles. The normalized spacial score (nSPS) is 18.2. The van der Waals surface area contributed by atoms with Crippen LogP contribution in [0.15, 0.2) is 131 Å². The number of esters is 2. The number of aromatic nitrogens is 1. The maximum atomic E-state index is 13.6. The number of carbonyl (C=O) groups excluding carboxylic acids is 2. The van der Waals surface area contributed by atoms with Gasteiger partial charge in [-0.2, -0.15) is 10.2 Å². The van der Waals surface area contributed by atoms with Crippen LogP contribution in [0.5, 0.6) is 17.2 Å². The molecule has 1 aliphatic rings. The van der Waals surface area contributed by atoms with E-state index < -0.39 is 48.5 Å². The van der Waals surface area contributed by atoms with Crippen molar-refractivity contribution in [2.24, 2.45) is 10.2 Å². The van der Waals surface area contributed by atoms with Crippen molar-refractivity contribution in [2.75, 3.05) is 4.72 Å². The van der Waals surface area contributed by atoms with Crippen LogP contribution in [-0.2, 0) is 43.3 Å². The minimum absolute atomic E-state index is 0.0377. The molecule has 0 spiro atoms. The van der Waals surface area contributed by atoms with Crippen LogP contribution in [0.2, 0.25) is 0 Å². The molecule has 4 aromatic carbocycles. The van der Waals surface area contributed by atoms with Crippen LogP contribution in [0.4, 0.5) is 17.2 Å². The maximum absolute atomic E-state index is 13.6. The Kier molecular flexibility index (Phi) is 13.1. The number of hydrogen-bond acceptors (Lipinski definition) is 17. The van der Waals surface area contributed by atoms with Gasteiger partial charge in [-0.15, -0.1) is 10.1 Å². The molecule has 294 valence electrons. The zero-order valence-corrected chi connectivity index (χ0v) is 35.2.